The van der Waals surface area contributed by atoms with Gasteiger partial charge in [-0.05, 0) is 25.5 Å². The topological polar surface area (TPSA) is 102 Å². The Labute approximate surface area is 188 Å². The summed E-state index contributed by atoms with van der Waals surface area (Å²) in [5.41, 5.74) is 3.34. The van der Waals surface area contributed by atoms with Gasteiger partial charge >= 0.3 is 12.1 Å². The minimum absolute atomic E-state index is 0.0475. The first kappa shape index (κ1) is 22.7. The van der Waals surface area contributed by atoms with Gasteiger partial charge in [0.1, 0.15) is 17.5 Å². The molecule has 0 bridgehead atoms. The molecule has 31 heavy (non-hydrogen) atoms. The lowest BCUT2D eigenvalue weighted by Crippen LogP contribution is -2.17. The number of hydrogen-bond donors (Lipinski definition) is 2. The van der Waals surface area contributed by atoms with Gasteiger partial charge in [0, 0.05) is 21.9 Å². The number of aliphatic carboxylic acids is 1. The van der Waals surface area contributed by atoms with E-state index in [1.165, 1.54) is 11.8 Å². The van der Waals surface area contributed by atoms with Crippen molar-refractivity contribution in [2.75, 3.05) is 11.1 Å². The van der Waals surface area contributed by atoms with Crippen molar-refractivity contribution in [3.05, 3.63) is 70.4 Å². The molecule has 1 unspecified atom stereocenters. The maximum absolute atomic E-state index is 12.5. The number of anilines is 1. The molecule has 7 nitrogen and oxygen atoms in total. The summed E-state index contributed by atoms with van der Waals surface area (Å²) >= 11 is 7.49. The van der Waals surface area contributed by atoms with Crippen molar-refractivity contribution in [2.24, 2.45) is 0 Å². The van der Waals surface area contributed by atoms with Gasteiger partial charge in [-0.25, -0.2) is 4.79 Å². The van der Waals surface area contributed by atoms with Crippen LogP contribution < -0.4 is 5.32 Å². The summed E-state index contributed by atoms with van der Waals surface area (Å²) < 4.78 is 10.9. The predicted molar refractivity (Wildman–Crippen MR) is 120 cm³/mol. The maximum Gasteiger partial charge on any atom is 0.412 e. The first-order valence-corrected chi connectivity index (χ1v) is 11.0. The van der Waals surface area contributed by atoms with Crippen LogP contribution in [-0.2, 0) is 15.3 Å². The Morgan fingerprint density at radius 2 is 1.94 bits per heavy atom. The second-order valence-electron chi connectivity index (χ2n) is 6.75. The summed E-state index contributed by atoms with van der Waals surface area (Å²) in [6.45, 7) is 3.46. The van der Waals surface area contributed by atoms with Crippen LogP contribution in [0.4, 0.5) is 10.5 Å². The molecule has 0 saturated carbocycles. The van der Waals surface area contributed by atoms with Crippen molar-refractivity contribution >= 4 is 41.1 Å². The molecule has 1 amide bonds. The van der Waals surface area contributed by atoms with Crippen LogP contribution in [0.5, 0.6) is 0 Å². The predicted octanol–water partition coefficient (Wildman–Crippen LogP) is 5.93. The van der Waals surface area contributed by atoms with Crippen molar-refractivity contribution in [3.63, 3.8) is 0 Å². The van der Waals surface area contributed by atoms with Crippen LogP contribution in [0.25, 0.3) is 11.3 Å². The molecule has 0 aliphatic heterocycles. The number of ether oxygens (including phenoxy) is 1. The molecule has 2 N–H and O–H groups in total. The lowest BCUT2D eigenvalue weighted by Gasteiger charge is -2.15. The molecule has 1 aromatic heterocycles. The molecule has 1 heterocycles. The number of rotatable bonds is 8. The number of aryl methyl sites for hydroxylation is 1. The third kappa shape index (κ3) is 6.02. The smallest absolute Gasteiger partial charge is 0.412 e. The summed E-state index contributed by atoms with van der Waals surface area (Å²) in [7, 11) is 0. The van der Waals surface area contributed by atoms with Gasteiger partial charge in [-0.3, -0.25) is 10.1 Å². The van der Waals surface area contributed by atoms with Gasteiger partial charge in [0.25, 0.3) is 0 Å². The number of hydrogen-bond acceptors (Lipinski definition) is 6. The lowest BCUT2D eigenvalue weighted by molar-refractivity contribution is -0.133. The molecule has 162 valence electrons. The van der Waals surface area contributed by atoms with Gasteiger partial charge < -0.3 is 14.4 Å². The highest BCUT2D eigenvalue weighted by molar-refractivity contribution is 7.99. The number of nitrogens with zero attached hydrogens (tertiary/aromatic N) is 1. The number of carbonyl (C=O) groups is 2. The van der Waals surface area contributed by atoms with E-state index in [1.807, 2.05) is 36.4 Å². The Bertz CT molecular complexity index is 1070. The zero-order valence-corrected chi connectivity index (χ0v) is 18.5. The zero-order valence-electron chi connectivity index (χ0n) is 16.9. The molecule has 9 heteroatoms. The molecule has 0 spiro atoms. The fourth-order valence-electron chi connectivity index (χ4n) is 2.88. The van der Waals surface area contributed by atoms with Crippen LogP contribution in [0.1, 0.15) is 29.8 Å². The molecule has 0 fully saturated rings. The molecule has 1 atom stereocenters. The van der Waals surface area contributed by atoms with Crippen molar-refractivity contribution in [2.45, 2.75) is 25.7 Å². The van der Waals surface area contributed by atoms with E-state index < -0.39 is 18.2 Å². The van der Waals surface area contributed by atoms with Gasteiger partial charge in [-0.15, -0.1) is 11.8 Å². The largest absolute Gasteiger partial charge is 0.481 e. The highest BCUT2D eigenvalue weighted by Crippen LogP contribution is 2.32. The average Bonchev–Trinajstić information content (AvgIpc) is 3.08. The molecular formula is C22H21ClN2O5S. The number of thioether (sulfide) groups is 1. The van der Waals surface area contributed by atoms with Crippen LogP contribution in [0.15, 0.2) is 53.1 Å². The van der Waals surface area contributed by atoms with E-state index in [0.29, 0.717) is 33.5 Å². The van der Waals surface area contributed by atoms with E-state index >= 15 is 0 Å². The normalized spacial score (nSPS) is 11.7. The van der Waals surface area contributed by atoms with E-state index in [0.717, 1.165) is 11.1 Å². The summed E-state index contributed by atoms with van der Waals surface area (Å²) in [6.07, 6.45) is -1.19. The van der Waals surface area contributed by atoms with E-state index in [9.17, 15) is 9.59 Å². The SMILES string of the molecule is Cc1noc(-c2ccc(CSCC(=O)O)cc2)c1NC(=O)OC(C)c1ccccc1Cl. The number of nitrogens with one attached hydrogen (secondary N) is 1. The van der Waals surface area contributed by atoms with Gasteiger partial charge in [0.15, 0.2) is 5.76 Å². The highest BCUT2D eigenvalue weighted by atomic mass is 35.5. The highest BCUT2D eigenvalue weighted by Gasteiger charge is 2.20. The van der Waals surface area contributed by atoms with Crippen molar-refractivity contribution in [1.82, 2.24) is 5.16 Å². The van der Waals surface area contributed by atoms with Crippen molar-refractivity contribution in [3.8, 4) is 11.3 Å². The van der Waals surface area contributed by atoms with Crippen LogP contribution in [0.2, 0.25) is 5.02 Å². The van der Waals surface area contributed by atoms with Crippen LogP contribution in [-0.4, -0.2) is 28.1 Å². The Kier molecular flexibility index (Phi) is 7.59. The molecule has 0 radical (unpaired) electrons. The molecule has 0 aliphatic rings. The van der Waals surface area contributed by atoms with Gasteiger partial charge in [0.05, 0.1) is 5.75 Å². The van der Waals surface area contributed by atoms with Gasteiger partial charge in [0.2, 0.25) is 0 Å². The fraction of sp³-hybridized carbons (Fsp3) is 0.227. The Balaban J connectivity index is 1.68. The average molecular weight is 461 g/mol. The lowest BCUT2D eigenvalue weighted by atomic mass is 10.1. The number of carboxylic acid groups (broad SMARTS) is 1. The number of carbonyl (C=O) groups excluding carboxylic acids is 1. The van der Waals surface area contributed by atoms with Crippen LogP contribution in [0, 0.1) is 6.92 Å². The minimum Gasteiger partial charge on any atom is -0.481 e. The zero-order chi connectivity index (χ0) is 22.4. The molecular weight excluding hydrogens is 440 g/mol. The minimum atomic E-state index is -0.842. The fourth-order valence-corrected chi connectivity index (χ4v) is 3.88. The first-order valence-electron chi connectivity index (χ1n) is 9.42. The maximum atomic E-state index is 12.5. The Hall–Kier alpha value is -2.97. The third-order valence-electron chi connectivity index (χ3n) is 4.43. The number of aromatic nitrogens is 1. The van der Waals surface area contributed by atoms with Crippen LogP contribution >= 0.6 is 23.4 Å². The summed E-state index contributed by atoms with van der Waals surface area (Å²) in [5.74, 6) is 0.195. The standard InChI is InChI=1S/C22H21ClN2O5S/c1-13-20(24-22(28)29-14(2)17-5-3-4-6-18(17)23)21(30-25-13)16-9-7-15(8-10-16)11-31-12-19(26)27/h3-10,14H,11-12H2,1-2H3,(H,24,28)(H,26,27). The van der Waals surface area contributed by atoms with Gasteiger partial charge in [-0.2, -0.15) is 0 Å². The van der Waals surface area contributed by atoms with Crippen molar-refractivity contribution < 1.29 is 24.0 Å². The second-order valence-corrected chi connectivity index (χ2v) is 8.14. The van der Waals surface area contributed by atoms with E-state index in [2.05, 4.69) is 10.5 Å². The van der Waals surface area contributed by atoms with E-state index in [1.54, 1.807) is 26.0 Å². The molecule has 2 aromatic carbocycles. The number of carboxylic acids is 1. The summed E-state index contributed by atoms with van der Waals surface area (Å²) in [6, 6.07) is 14.6. The number of halogens is 1. The third-order valence-corrected chi connectivity index (χ3v) is 5.76. The second kappa shape index (κ2) is 10.4. The van der Waals surface area contributed by atoms with E-state index in [4.69, 9.17) is 26.0 Å². The quantitative estimate of drug-likeness (QED) is 0.429. The van der Waals surface area contributed by atoms with Gasteiger partial charge in [-0.1, -0.05) is 59.2 Å². The molecule has 3 aromatic rings. The summed E-state index contributed by atoms with van der Waals surface area (Å²) in [4.78, 5) is 23.1. The van der Waals surface area contributed by atoms with Crippen molar-refractivity contribution in [1.29, 1.82) is 0 Å². The molecule has 0 saturated heterocycles. The Morgan fingerprint density at radius 1 is 1.23 bits per heavy atom. The number of amides is 1. The first-order chi connectivity index (χ1) is 14.8. The number of benzene rings is 2. The monoisotopic (exact) mass is 460 g/mol. The molecule has 3 rings (SSSR count). The molecule has 0 aliphatic carbocycles. The van der Waals surface area contributed by atoms with E-state index in [-0.39, 0.29) is 5.75 Å². The Morgan fingerprint density at radius 3 is 2.61 bits per heavy atom. The summed E-state index contributed by atoms with van der Waals surface area (Å²) in [5, 5.41) is 15.9. The van der Waals surface area contributed by atoms with Crippen LogP contribution in [0.3, 0.4) is 0 Å².